The van der Waals surface area contributed by atoms with E-state index in [0.29, 0.717) is 23.2 Å². The first-order chi connectivity index (χ1) is 17.2. The van der Waals surface area contributed by atoms with E-state index in [1.807, 2.05) is 27.7 Å². The summed E-state index contributed by atoms with van der Waals surface area (Å²) in [7, 11) is 0. The quantitative estimate of drug-likeness (QED) is 0.463. The van der Waals surface area contributed by atoms with Crippen LogP contribution in [0.25, 0.3) is 0 Å². The first-order valence-corrected chi connectivity index (χ1v) is 12.9. The maximum atomic E-state index is 13.2. The monoisotopic (exact) mass is 518 g/mol. The summed E-state index contributed by atoms with van der Waals surface area (Å²) >= 11 is 0. The van der Waals surface area contributed by atoms with Crippen molar-refractivity contribution in [3.63, 3.8) is 0 Å². The molecule has 6 nitrogen and oxygen atoms in total. The molecule has 9 heteroatoms. The summed E-state index contributed by atoms with van der Waals surface area (Å²) < 4.78 is 52.2. The molecule has 0 radical (unpaired) electrons. The van der Waals surface area contributed by atoms with Crippen LogP contribution in [0.1, 0.15) is 130 Å². The Morgan fingerprint density at radius 2 is 1.86 bits per heavy atom. The van der Waals surface area contributed by atoms with Crippen LogP contribution in [-0.2, 0) is 26.0 Å². The van der Waals surface area contributed by atoms with E-state index in [0.717, 1.165) is 48.6 Å². The third kappa shape index (κ3) is 4.24. The van der Waals surface area contributed by atoms with Crippen LogP contribution < -0.4 is 0 Å². The largest absolute Gasteiger partial charge is 0.455 e. The Balaban J connectivity index is 1.77. The number of carbonyl (C=O) groups excluding carboxylic acids is 1. The van der Waals surface area contributed by atoms with Crippen LogP contribution >= 0.6 is 0 Å². The van der Waals surface area contributed by atoms with E-state index in [1.165, 1.54) is 19.2 Å². The van der Waals surface area contributed by atoms with Gasteiger partial charge in [0.1, 0.15) is 17.9 Å². The number of halogens is 3. The van der Waals surface area contributed by atoms with Crippen LogP contribution in [0.4, 0.5) is 13.2 Å². The highest BCUT2D eigenvalue weighted by atomic mass is 19.4. The number of hydrogen-bond donors (Lipinski definition) is 1. The number of hydrogen-bond acceptors (Lipinski definition) is 6. The number of pyridine rings is 2. The molecule has 37 heavy (non-hydrogen) atoms. The number of rotatable bonds is 3. The van der Waals surface area contributed by atoms with Crippen molar-refractivity contribution in [2.45, 2.75) is 103 Å². The zero-order valence-corrected chi connectivity index (χ0v) is 21.8. The van der Waals surface area contributed by atoms with Crippen LogP contribution in [0.3, 0.4) is 0 Å². The Hall–Kier alpha value is -2.52. The van der Waals surface area contributed by atoms with Crippen molar-refractivity contribution in [2.75, 3.05) is 0 Å². The van der Waals surface area contributed by atoms with Gasteiger partial charge in [0.2, 0.25) is 0 Å². The smallest absolute Gasteiger partial charge is 0.433 e. The molecule has 3 heterocycles. The zero-order chi connectivity index (χ0) is 26.9. The van der Waals surface area contributed by atoms with E-state index in [-0.39, 0.29) is 5.92 Å². The van der Waals surface area contributed by atoms with Gasteiger partial charge in [-0.25, -0.2) is 0 Å². The molecule has 5 rings (SSSR count). The van der Waals surface area contributed by atoms with E-state index >= 15 is 0 Å². The second-order valence-electron chi connectivity index (χ2n) is 11.6. The van der Waals surface area contributed by atoms with E-state index in [4.69, 9.17) is 14.5 Å². The number of nitrogens with zero attached hydrogens (tertiary/aromatic N) is 2. The van der Waals surface area contributed by atoms with Crippen molar-refractivity contribution >= 4 is 5.97 Å². The van der Waals surface area contributed by atoms with Crippen molar-refractivity contribution in [3.8, 4) is 0 Å². The standard InChI is InChI=1S/C28H33F3N2O4/c1-14(2)22-20-21(19-17(35)12-26(4,5)25(23(19)33-22)36-15(3)34)27(10-6-7-11-27)37-24(20)16-8-9-18(32-13-16)28(29,30)31/h8-9,13-14,17,24-25,35H,6-7,10-12H2,1-5H3/t17-,24+,25-/m0/s1. The fourth-order valence-electron chi connectivity index (χ4n) is 6.46. The molecule has 0 amide bonds. The van der Waals surface area contributed by atoms with E-state index in [9.17, 15) is 23.1 Å². The zero-order valence-electron chi connectivity index (χ0n) is 21.8. The Bertz CT molecular complexity index is 1220. The van der Waals surface area contributed by atoms with Crippen molar-refractivity contribution < 1.29 is 32.5 Å². The molecule has 0 unspecified atom stereocenters. The number of esters is 1. The molecule has 3 atom stereocenters. The summed E-state index contributed by atoms with van der Waals surface area (Å²) in [6, 6.07) is 2.40. The number of ether oxygens (including phenoxy) is 2. The summed E-state index contributed by atoms with van der Waals surface area (Å²) in [6.45, 7) is 9.28. The van der Waals surface area contributed by atoms with E-state index in [2.05, 4.69) is 4.98 Å². The fourth-order valence-corrected chi connectivity index (χ4v) is 6.46. The van der Waals surface area contributed by atoms with Crippen molar-refractivity contribution in [2.24, 2.45) is 5.41 Å². The highest BCUT2D eigenvalue weighted by Crippen LogP contribution is 2.61. The molecule has 2 aromatic rings. The third-order valence-electron chi connectivity index (χ3n) is 8.02. The predicted molar refractivity (Wildman–Crippen MR) is 129 cm³/mol. The van der Waals surface area contributed by atoms with Gasteiger partial charge in [0.25, 0.3) is 0 Å². The summed E-state index contributed by atoms with van der Waals surface area (Å²) in [4.78, 5) is 20.8. The highest BCUT2D eigenvalue weighted by molar-refractivity contribution is 5.67. The lowest BCUT2D eigenvalue weighted by Crippen LogP contribution is -2.37. The van der Waals surface area contributed by atoms with Crippen molar-refractivity contribution in [3.05, 3.63) is 57.7 Å². The molecule has 1 fully saturated rings. The number of aliphatic hydroxyl groups is 1. The van der Waals surface area contributed by atoms with E-state index in [1.54, 1.807) is 0 Å². The first-order valence-electron chi connectivity index (χ1n) is 12.9. The van der Waals surface area contributed by atoms with Crippen LogP contribution in [0.15, 0.2) is 18.3 Å². The summed E-state index contributed by atoms with van der Waals surface area (Å²) in [5.41, 5.74) is 1.95. The van der Waals surface area contributed by atoms with Crippen LogP contribution in [0.2, 0.25) is 0 Å². The number of aromatic nitrogens is 2. The number of aliphatic hydroxyl groups excluding tert-OH is 1. The lowest BCUT2D eigenvalue weighted by Gasteiger charge is -2.42. The first kappa shape index (κ1) is 26.1. The average Bonchev–Trinajstić information content (AvgIpc) is 3.40. The van der Waals surface area contributed by atoms with Gasteiger partial charge in [0, 0.05) is 40.9 Å². The van der Waals surface area contributed by atoms with E-state index < -0.39 is 47.2 Å². The second-order valence-corrected chi connectivity index (χ2v) is 11.6. The molecule has 1 N–H and O–H groups in total. The molecule has 2 aliphatic carbocycles. The average molecular weight is 519 g/mol. The molecular formula is C28H33F3N2O4. The molecule has 3 aliphatic rings. The summed E-state index contributed by atoms with van der Waals surface area (Å²) in [6.07, 6.45) is -1.76. The molecule has 0 saturated heterocycles. The molecule has 0 aromatic carbocycles. The van der Waals surface area contributed by atoms with Gasteiger partial charge in [0.15, 0.2) is 0 Å². The molecular weight excluding hydrogens is 485 g/mol. The highest BCUT2D eigenvalue weighted by Gasteiger charge is 2.55. The molecule has 1 saturated carbocycles. The van der Waals surface area contributed by atoms with Crippen molar-refractivity contribution in [1.29, 1.82) is 0 Å². The molecule has 0 bridgehead atoms. The van der Waals surface area contributed by atoms with Gasteiger partial charge in [-0.2, -0.15) is 13.2 Å². The maximum Gasteiger partial charge on any atom is 0.433 e. The second kappa shape index (κ2) is 8.76. The predicted octanol–water partition coefficient (Wildman–Crippen LogP) is 6.58. The Morgan fingerprint density at radius 1 is 1.19 bits per heavy atom. The lowest BCUT2D eigenvalue weighted by atomic mass is 9.68. The Kier molecular flexibility index (Phi) is 6.18. The Morgan fingerprint density at radius 3 is 2.41 bits per heavy atom. The number of carbonyl (C=O) groups is 1. The third-order valence-corrected chi connectivity index (χ3v) is 8.02. The fraction of sp³-hybridized carbons (Fsp3) is 0.607. The van der Waals surface area contributed by atoms with Crippen LogP contribution in [-0.4, -0.2) is 21.0 Å². The number of fused-ring (bicyclic) bond motifs is 4. The number of alkyl halides is 3. The normalized spacial score (nSPS) is 25.8. The minimum atomic E-state index is -4.54. The topological polar surface area (TPSA) is 81.5 Å². The van der Waals surface area contributed by atoms with Gasteiger partial charge in [-0.15, -0.1) is 0 Å². The van der Waals surface area contributed by atoms with Gasteiger partial charge in [-0.3, -0.25) is 14.8 Å². The minimum Gasteiger partial charge on any atom is -0.455 e. The molecule has 1 spiro atoms. The van der Waals surface area contributed by atoms with Crippen LogP contribution in [0, 0.1) is 5.41 Å². The maximum absolute atomic E-state index is 13.2. The Labute approximate surface area is 214 Å². The lowest BCUT2D eigenvalue weighted by molar-refractivity contribution is -0.156. The molecule has 2 aromatic heterocycles. The van der Waals surface area contributed by atoms with Gasteiger partial charge in [0.05, 0.1) is 17.4 Å². The molecule has 200 valence electrons. The van der Waals surface area contributed by atoms with Gasteiger partial charge in [-0.05, 0) is 36.8 Å². The minimum absolute atomic E-state index is 0.0516. The SMILES string of the molecule is CC(=O)O[C@H]1c2nc(C(C)C)c3c(c2[C@@H](O)CC1(C)C)C1(CCCC1)O[C@@H]3c1ccc(C(F)(F)F)nc1. The van der Waals surface area contributed by atoms with Gasteiger partial charge in [-0.1, -0.05) is 46.6 Å². The molecule has 1 aliphatic heterocycles. The van der Waals surface area contributed by atoms with Gasteiger partial charge >= 0.3 is 12.1 Å². The van der Waals surface area contributed by atoms with Gasteiger partial charge < -0.3 is 14.6 Å². The van der Waals surface area contributed by atoms with Crippen LogP contribution in [0.5, 0.6) is 0 Å². The summed E-state index contributed by atoms with van der Waals surface area (Å²) in [5, 5.41) is 11.5. The summed E-state index contributed by atoms with van der Waals surface area (Å²) in [5.74, 6) is -0.474. The van der Waals surface area contributed by atoms with Crippen molar-refractivity contribution in [1.82, 2.24) is 9.97 Å².